The lowest BCUT2D eigenvalue weighted by Gasteiger charge is -2.29. The average molecular weight is 434 g/mol. The van der Waals surface area contributed by atoms with Crippen molar-refractivity contribution in [3.63, 3.8) is 0 Å². The first-order valence-electron chi connectivity index (χ1n) is 9.08. The van der Waals surface area contributed by atoms with Crippen molar-refractivity contribution in [2.45, 2.75) is 18.7 Å². The summed E-state index contributed by atoms with van der Waals surface area (Å²) in [7, 11) is 0. The van der Waals surface area contributed by atoms with Gasteiger partial charge in [-0.2, -0.15) is 13.2 Å². The van der Waals surface area contributed by atoms with Gasteiger partial charge >= 0.3 is 12.1 Å². The number of hydrogen-bond acceptors (Lipinski definition) is 5. The van der Waals surface area contributed by atoms with Crippen LogP contribution in [0.5, 0.6) is 0 Å². The van der Waals surface area contributed by atoms with Gasteiger partial charge in [-0.3, -0.25) is 4.79 Å². The fourth-order valence-corrected chi connectivity index (χ4v) is 4.44. The van der Waals surface area contributed by atoms with Crippen molar-refractivity contribution in [1.29, 1.82) is 0 Å². The highest BCUT2D eigenvalue weighted by Gasteiger charge is 2.34. The highest BCUT2D eigenvalue weighted by molar-refractivity contribution is 7.91. The molecule has 1 unspecified atom stereocenters. The van der Waals surface area contributed by atoms with Gasteiger partial charge in [-0.1, -0.05) is 11.2 Å². The highest BCUT2D eigenvalue weighted by Crippen LogP contribution is 2.34. The van der Waals surface area contributed by atoms with E-state index in [-0.39, 0.29) is 30.9 Å². The van der Waals surface area contributed by atoms with E-state index in [1.807, 2.05) is 0 Å². The maximum absolute atomic E-state index is 13.4. The van der Waals surface area contributed by atoms with Crippen LogP contribution in [0.4, 0.5) is 18.9 Å². The number of aliphatic carboxylic acids is 1. The molecule has 1 atom stereocenters. The van der Waals surface area contributed by atoms with Gasteiger partial charge in [0.2, 0.25) is 0 Å². The van der Waals surface area contributed by atoms with E-state index in [9.17, 15) is 27.3 Å². The van der Waals surface area contributed by atoms with Crippen LogP contribution in [0.1, 0.15) is 22.3 Å². The lowest BCUT2D eigenvalue weighted by molar-refractivity contribution is -0.144. The second kappa shape index (κ2) is 8.80. The summed E-state index contributed by atoms with van der Waals surface area (Å²) in [6, 6.07) is 3.25. The van der Waals surface area contributed by atoms with Gasteiger partial charge in [-0.15, -0.1) is 0 Å². The van der Waals surface area contributed by atoms with Crippen LogP contribution < -0.4 is 4.90 Å². The molecule has 2 aliphatic rings. The number of benzene rings is 1. The van der Waals surface area contributed by atoms with Crippen LogP contribution >= 0.6 is 0 Å². The number of carbonyl (C=O) groups is 2. The molecule has 160 valence electrons. The largest absolute Gasteiger partial charge is 0.616 e. The summed E-state index contributed by atoms with van der Waals surface area (Å²) in [5.41, 5.74) is -0.753. The molecule has 1 N–H and O–H groups in total. The quantitative estimate of drug-likeness (QED) is 0.708. The van der Waals surface area contributed by atoms with E-state index in [0.717, 1.165) is 12.1 Å². The summed E-state index contributed by atoms with van der Waals surface area (Å²) in [6.07, 6.45) is -4.55. The monoisotopic (exact) mass is 434 g/mol. The number of anilines is 1. The van der Waals surface area contributed by atoms with Crippen LogP contribution in [-0.2, 0) is 26.9 Å². The fraction of sp³-hybridized carbons (Fsp3) is 0.556. The van der Waals surface area contributed by atoms with Gasteiger partial charge in [0.25, 0.3) is 5.91 Å². The summed E-state index contributed by atoms with van der Waals surface area (Å²) in [4.78, 5) is 26.5. The zero-order valence-electron chi connectivity index (χ0n) is 15.5. The van der Waals surface area contributed by atoms with E-state index in [2.05, 4.69) is 0 Å². The van der Waals surface area contributed by atoms with Crippen LogP contribution in [0.15, 0.2) is 18.2 Å². The van der Waals surface area contributed by atoms with Crippen molar-refractivity contribution in [3.8, 4) is 0 Å². The zero-order valence-corrected chi connectivity index (χ0v) is 16.3. The van der Waals surface area contributed by atoms with Gasteiger partial charge in [-0.25, -0.2) is 4.79 Å². The number of hydrogen-bond donors (Lipinski definition) is 1. The van der Waals surface area contributed by atoms with Gasteiger partial charge in [0.1, 0.15) is 18.1 Å². The molecule has 2 aliphatic heterocycles. The second-order valence-corrected chi connectivity index (χ2v) is 8.66. The molecule has 0 spiro atoms. The van der Waals surface area contributed by atoms with Gasteiger partial charge in [0.15, 0.2) is 0 Å². The molecule has 0 aromatic heterocycles. The maximum Gasteiger partial charge on any atom is 0.416 e. The van der Waals surface area contributed by atoms with E-state index >= 15 is 0 Å². The first-order valence-corrected chi connectivity index (χ1v) is 10.6. The lowest BCUT2D eigenvalue weighted by atomic mass is 10.1. The van der Waals surface area contributed by atoms with E-state index in [1.165, 1.54) is 11.0 Å². The predicted octanol–water partition coefficient (Wildman–Crippen LogP) is 1.59. The Morgan fingerprint density at radius 3 is 2.52 bits per heavy atom. The number of nitrogens with zero attached hydrogens (tertiary/aromatic N) is 2. The Kier molecular flexibility index (Phi) is 6.59. The maximum atomic E-state index is 13.4. The van der Waals surface area contributed by atoms with Crippen molar-refractivity contribution >= 4 is 28.7 Å². The third-order valence-electron chi connectivity index (χ3n) is 4.91. The van der Waals surface area contributed by atoms with E-state index in [0.29, 0.717) is 24.5 Å². The van der Waals surface area contributed by atoms with Crippen LogP contribution in [0.3, 0.4) is 0 Å². The Balaban J connectivity index is 1.81. The number of rotatable bonds is 5. The van der Waals surface area contributed by atoms with Crippen LogP contribution in [0, 0.1) is 0 Å². The minimum absolute atomic E-state index is 0.0718. The standard InChI is InChI=1S/C18H21F3N2O5S/c19-18(20,21)13-7-12(17(26)22-3-5-29(27)6-4-22)8-14(9-13)23-2-1-15(10-23)28-11-16(24)25/h7-9,15H,1-6,10-11H2,(H,24,25). The lowest BCUT2D eigenvalue weighted by Crippen LogP contribution is -2.43. The number of carboxylic acids is 1. The van der Waals surface area contributed by atoms with Crippen LogP contribution in [0.2, 0.25) is 0 Å². The molecular weight excluding hydrogens is 413 g/mol. The SMILES string of the molecule is O=C(O)COC1CCN(c2cc(C(=O)N3CC[S+]([O-])CC3)cc(C(F)(F)F)c2)C1. The van der Waals surface area contributed by atoms with Crippen molar-refractivity contribution in [2.75, 3.05) is 49.2 Å². The molecular formula is C18H21F3N2O5S. The summed E-state index contributed by atoms with van der Waals surface area (Å²) in [5, 5.41) is 8.70. The van der Waals surface area contributed by atoms with Crippen molar-refractivity contribution in [3.05, 3.63) is 29.3 Å². The molecule has 29 heavy (non-hydrogen) atoms. The number of halogens is 3. The fourth-order valence-electron chi connectivity index (χ4n) is 3.39. The normalized spacial score (nSPS) is 20.9. The summed E-state index contributed by atoms with van der Waals surface area (Å²) in [5.74, 6) is -1.01. The molecule has 1 aromatic rings. The van der Waals surface area contributed by atoms with Crippen LogP contribution in [-0.4, -0.2) is 76.8 Å². The topological polar surface area (TPSA) is 93.1 Å². The molecule has 2 fully saturated rings. The number of carbonyl (C=O) groups excluding carboxylic acids is 1. The highest BCUT2D eigenvalue weighted by atomic mass is 32.2. The number of alkyl halides is 3. The Morgan fingerprint density at radius 2 is 1.90 bits per heavy atom. The minimum Gasteiger partial charge on any atom is -0.616 e. The molecule has 1 aromatic carbocycles. The Bertz CT molecular complexity index is 768. The number of amides is 1. The van der Waals surface area contributed by atoms with Gasteiger partial charge in [0, 0.05) is 24.3 Å². The van der Waals surface area contributed by atoms with Gasteiger partial charge in [0.05, 0.1) is 24.8 Å². The Hall–Kier alpha value is -1.98. The molecule has 0 radical (unpaired) electrons. The molecule has 11 heteroatoms. The van der Waals surface area contributed by atoms with Crippen LogP contribution in [0.25, 0.3) is 0 Å². The van der Waals surface area contributed by atoms with Gasteiger partial charge < -0.3 is 24.2 Å². The first-order chi connectivity index (χ1) is 13.6. The average Bonchev–Trinajstić information content (AvgIpc) is 3.14. The smallest absolute Gasteiger partial charge is 0.416 e. The molecule has 1 amide bonds. The zero-order chi connectivity index (χ0) is 21.2. The first kappa shape index (κ1) is 21.7. The van der Waals surface area contributed by atoms with E-state index < -0.39 is 47.5 Å². The number of carboxylic acid groups (broad SMARTS) is 1. The minimum atomic E-state index is -4.62. The summed E-state index contributed by atoms with van der Waals surface area (Å²) < 4.78 is 56.9. The molecule has 0 aliphatic carbocycles. The van der Waals surface area contributed by atoms with E-state index in [1.54, 1.807) is 4.90 Å². The number of ether oxygens (including phenoxy) is 1. The van der Waals surface area contributed by atoms with Gasteiger partial charge in [-0.05, 0) is 24.6 Å². The predicted molar refractivity (Wildman–Crippen MR) is 99.4 cm³/mol. The summed E-state index contributed by atoms with van der Waals surface area (Å²) in [6.45, 7) is 0.645. The molecule has 3 rings (SSSR count). The molecule has 0 bridgehead atoms. The van der Waals surface area contributed by atoms with Crippen molar-refractivity contribution in [2.24, 2.45) is 0 Å². The molecule has 2 saturated heterocycles. The van der Waals surface area contributed by atoms with Crippen molar-refractivity contribution in [1.82, 2.24) is 4.90 Å². The molecule has 2 heterocycles. The Morgan fingerprint density at radius 1 is 1.21 bits per heavy atom. The molecule has 7 nitrogen and oxygen atoms in total. The van der Waals surface area contributed by atoms with E-state index in [4.69, 9.17) is 9.84 Å². The molecule has 0 saturated carbocycles. The second-order valence-electron chi connectivity index (χ2n) is 6.97. The third kappa shape index (κ3) is 5.55. The van der Waals surface area contributed by atoms with Crippen molar-refractivity contribution < 1.29 is 37.2 Å². The Labute approximate surface area is 168 Å². The summed E-state index contributed by atoms with van der Waals surface area (Å²) >= 11 is -1.01. The third-order valence-corrected chi connectivity index (χ3v) is 6.19.